The number of hydrogen-bond acceptors (Lipinski definition) is 3. The summed E-state index contributed by atoms with van der Waals surface area (Å²) in [6.45, 7) is 1.85. The zero-order chi connectivity index (χ0) is 12.4. The van der Waals surface area contributed by atoms with Crippen LogP contribution in [0.25, 0.3) is 0 Å². The molecule has 0 aliphatic rings. The van der Waals surface area contributed by atoms with Crippen molar-refractivity contribution in [3.05, 3.63) is 41.7 Å². The third-order valence-corrected chi connectivity index (χ3v) is 2.36. The minimum Gasteiger partial charge on any atom is -0.507 e. The van der Waals surface area contributed by atoms with Crippen molar-refractivity contribution in [1.82, 2.24) is 9.78 Å². The summed E-state index contributed by atoms with van der Waals surface area (Å²) < 4.78 is 1.59. The van der Waals surface area contributed by atoms with Crippen molar-refractivity contribution >= 4 is 11.6 Å². The molecule has 2 rings (SSSR count). The maximum atomic E-state index is 11.8. The summed E-state index contributed by atoms with van der Waals surface area (Å²) in [5, 5.41) is 16.3. The van der Waals surface area contributed by atoms with E-state index in [0.717, 1.165) is 5.56 Å². The molecule has 0 unspecified atom stereocenters. The van der Waals surface area contributed by atoms with E-state index in [-0.39, 0.29) is 17.2 Å². The van der Waals surface area contributed by atoms with Crippen LogP contribution in [0.5, 0.6) is 5.75 Å². The van der Waals surface area contributed by atoms with Crippen LogP contribution in [0.4, 0.5) is 5.69 Å². The molecule has 5 nitrogen and oxygen atoms in total. The van der Waals surface area contributed by atoms with Gasteiger partial charge < -0.3 is 10.4 Å². The fraction of sp³-hybridized carbons (Fsp3) is 0.167. The van der Waals surface area contributed by atoms with E-state index in [1.165, 1.54) is 0 Å². The highest BCUT2D eigenvalue weighted by molar-refractivity contribution is 6.06. The summed E-state index contributed by atoms with van der Waals surface area (Å²) in [4.78, 5) is 11.8. The monoisotopic (exact) mass is 231 g/mol. The van der Waals surface area contributed by atoms with Crippen molar-refractivity contribution in [3.8, 4) is 5.75 Å². The van der Waals surface area contributed by atoms with Crippen LogP contribution in [0.3, 0.4) is 0 Å². The van der Waals surface area contributed by atoms with Crippen LogP contribution >= 0.6 is 0 Å². The summed E-state index contributed by atoms with van der Waals surface area (Å²) in [6.07, 6.45) is 3.23. The van der Waals surface area contributed by atoms with Crippen molar-refractivity contribution in [2.24, 2.45) is 7.05 Å². The molecule has 1 heterocycles. The average Bonchev–Trinajstić information content (AvgIpc) is 2.63. The van der Waals surface area contributed by atoms with Gasteiger partial charge in [0, 0.05) is 13.2 Å². The number of nitrogens with zero attached hydrogens (tertiary/aromatic N) is 2. The highest BCUT2D eigenvalue weighted by atomic mass is 16.3. The van der Waals surface area contributed by atoms with Crippen molar-refractivity contribution in [1.29, 1.82) is 0 Å². The third-order valence-electron chi connectivity index (χ3n) is 2.36. The van der Waals surface area contributed by atoms with Gasteiger partial charge in [0.05, 0.1) is 17.4 Å². The van der Waals surface area contributed by atoms with Gasteiger partial charge in [-0.15, -0.1) is 0 Å². The average molecular weight is 231 g/mol. The zero-order valence-corrected chi connectivity index (χ0v) is 9.64. The minimum atomic E-state index is -0.351. The quantitative estimate of drug-likeness (QED) is 0.826. The lowest BCUT2D eigenvalue weighted by Gasteiger charge is -2.05. The van der Waals surface area contributed by atoms with Crippen molar-refractivity contribution in [2.75, 3.05) is 5.32 Å². The summed E-state index contributed by atoms with van der Waals surface area (Å²) >= 11 is 0. The number of aromatic nitrogens is 2. The molecule has 0 fully saturated rings. The molecule has 0 saturated carbocycles. The number of nitrogens with one attached hydrogen (secondary N) is 1. The van der Waals surface area contributed by atoms with Gasteiger partial charge in [0.1, 0.15) is 5.75 Å². The Hall–Kier alpha value is -2.30. The van der Waals surface area contributed by atoms with Crippen LogP contribution < -0.4 is 5.32 Å². The van der Waals surface area contributed by atoms with E-state index in [1.54, 1.807) is 42.3 Å². The van der Waals surface area contributed by atoms with Crippen LogP contribution in [0.1, 0.15) is 15.9 Å². The summed E-state index contributed by atoms with van der Waals surface area (Å²) in [7, 11) is 1.76. The molecule has 1 aromatic heterocycles. The Morgan fingerprint density at radius 1 is 1.47 bits per heavy atom. The third kappa shape index (κ3) is 2.44. The predicted molar refractivity (Wildman–Crippen MR) is 64.0 cm³/mol. The van der Waals surface area contributed by atoms with Gasteiger partial charge >= 0.3 is 0 Å². The van der Waals surface area contributed by atoms with Gasteiger partial charge in [-0.25, -0.2) is 0 Å². The maximum absolute atomic E-state index is 11.8. The number of aromatic hydroxyl groups is 1. The molecular weight excluding hydrogens is 218 g/mol. The van der Waals surface area contributed by atoms with E-state index in [9.17, 15) is 9.90 Å². The summed E-state index contributed by atoms with van der Waals surface area (Å²) in [5.41, 5.74) is 1.75. The highest BCUT2D eigenvalue weighted by Crippen LogP contribution is 2.19. The Morgan fingerprint density at radius 3 is 2.82 bits per heavy atom. The van der Waals surface area contributed by atoms with E-state index < -0.39 is 0 Å². The molecule has 0 bridgehead atoms. The molecular formula is C12H13N3O2. The fourth-order valence-electron chi connectivity index (χ4n) is 1.52. The lowest BCUT2D eigenvalue weighted by Crippen LogP contribution is -2.11. The number of anilines is 1. The van der Waals surface area contributed by atoms with Crippen molar-refractivity contribution in [2.45, 2.75) is 6.92 Å². The molecule has 1 amide bonds. The zero-order valence-electron chi connectivity index (χ0n) is 9.64. The highest BCUT2D eigenvalue weighted by Gasteiger charge is 2.11. The fourth-order valence-corrected chi connectivity index (χ4v) is 1.52. The van der Waals surface area contributed by atoms with Gasteiger partial charge in [-0.1, -0.05) is 6.07 Å². The van der Waals surface area contributed by atoms with Crippen LogP contribution in [0, 0.1) is 6.92 Å². The molecule has 1 aromatic carbocycles. The Balaban J connectivity index is 2.20. The molecule has 2 aromatic rings. The second-order valence-corrected chi connectivity index (χ2v) is 3.88. The second kappa shape index (κ2) is 4.29. The van der Waals surface area contributed by atoms with Gasteiger partial charge in [0.15, 0.2) is 0 Å². The number of carbonyl (C=O) groups is 1. The lowest BCUT2D eigenvalue weighted by molar-refractivity contribution is 0.102. The molecule has 88 valence electrons. The molecule has 17 heavy (non-hydrogen) atoms. The summed E-state index contributed by atoms with van der Waals surface area (Å²) in [6, 6.07) is 4.92. The Kier molecular flexibility index (Phi) is 2.82. The predicted octanol–water partition coefficient (Wildman–Crippen LogP) is 1.69. The molecule has 2 N–H and O–H groups in total. The van der Waals surface area contributed by atoms with Crippen LogP contribution in [0.15, 0.2) is 30.6 Å². The van der Waals surface area contributed by atoms with Crippen LogP contribution in [-0.4, -0.2) is 20.8 Å². The lowest BCUT2D eigenvalue weighted by atomic mass is 10.1. The minimum absolute atomic E-state index is 0.0219. The number of benzene rings is 1. The van der Waals surface area contributed by atoms with E-state index in [0.29, 0.717) is 5.69 Å². The second-order valence-electron chi connectivity index (χ2n) is 3.88. The maximum Gasteiger partial charge on any atom is 0.259 e. The van der Waals surface area contributed by atoms with E-state index in [4.69, 9.17) is 0 Å². The van der Waals surface area contributed by atoms with Crippen LogP contribution in [-0.2, 0) is 7.05 Å². The molecule has 0 saturated heterocycles. The Labute approximate surface area is 98.7 Å². The van der Waals surface area contributed by atoms with Gasteiger partial charge in [-0.2, -0.15) is 5.10 Å². The topological polar surface area (TPSA) is 67.2 Å². The Morgan fingerprint density at radius 2 is 2.24 bits per heavy atom. The number of phenolic OH excluding ortho intramolecular Hbond substituents is 1. The van der Waals surface area contributed by atoms with Crippen molar-refractivity contribution in [3.63, 3.8) is 0 Å². The molecule has 0 spiro atoms. The first kappa shape index (κ1) is 11.2. The standard InChI is InChI=1S/C12H13N3O2/c1-8-3-4-10(11(16)5-8)12(17)14-9-6-13-15(2)7-9/h3-7,16H,1-2H3,(H,14,17). The van der Waals surface area contributed by atoms with Gasteiger partial charge in [-0.05, 0) is 24.6 Å². The van der Waals surface area contributed by atoms with Gasteiger partial charge in [0.2, 0.25) is 0 Å². The molecule has 0 atom stereocenters. The summed E-state index contributed by atoms with van der Waals surface area (Å²) in [5.74, 6) is -0.373. The SMILES string of the molecule is Cc1ccc(C(=O)Nc2cnn(C)c2)c(O)c1. The Bertz CT molecular complexity index is 561. The first-order valence-corrected chi connectivity index (χ1v) is 5.16. The number of amides is 1. The number of phenols is 1. The van der Waals surface area contributed by atoms with Crippen molar-refractivity contribution < 1.29 is 9.90 Å². The number of rotatable bonds is 2. The molecule has 0 aliphatic carbocycles. The number of hydrogen-bond donors (Lipinski definition) is 2. The van der Waals surface area contributed by atoms with E-state index >= 15 is 0 Å². The van der Waals surface area contributed by atoms with Crippen LogP contribution in [0.2, 0.25) is 0 Å². The number of aryl methyl sites for hydroxylation is 2. The van der Waals surface area contributed by atoms with E-state index in [2.05, 4.69) is 10.4 Å². The smallest absolute Gasteiger partial charge is 0.259 e. The molecule has 0 aliphatic heterocycles. The van der Waals surface area contributed by atoms with E-state index in [1.807, 2.05) is 6.92 Å². The molecule has 0 radical (unpaired) electrons. The van der Waals surface area contributed by atoms with Gasteiger partial charge in [0.25, 0.3) is 5.91 Å². The first-order chi connectivity index (χ1) is 8.06. The van der Waals surface area contributed by atoms with Gasteiger partial charge in [-0.3, -0.25) is 9.48 Å². The number of carbonyl (C=O) groups excluding carboxylic acids is 1. The largest absolute Gasteiger partial charge is 0.507 e. The first-order valence-electron chi connectivity index (χ1n) is 5.16. The molecule has 5 heteroatoms. The normalized spacial score (nSPS) is 10.2.